The maximum atomic E-state index is 13.3. The van der Waals surface area contributed by atoms with E-state index in [1.54, 1.807) is 34.8 Å². The maximum Gasteiger partial charge on any atom is 0.267 e. The van der Waals surface area contributed by atoms with Crippen molar-refractivity contribution in [3.05, 3.63) is 50.1 Å². The fourth-order valence-corrected chi connectivity index (χ4v) is 4.83. The predicted molar refractivity (Wildman–Crippen MR) is 107 cm³/mol. The minimum Gasteiger partial charge on any atom is -0.384 e. The zero-order valence-electron chi connectivity index (χ0n) is 15.2. The van der Waals surface area contributed by atoms with Gasteiger partial charge in [-0.25, -0.2) is 4.98 Å². The van der Waals surface area contributed by atoms with Crippen LogP contribution in [0.5, 0.6) is 0 Å². The summed E-state index contributed by atoms with van der Waals surface area (Å²) >= 11 is 3.14. The van der Waals surface area contributed by atoms with Gasteiger partial charge in [0.1, 0.15) is 4.83 Å². The van der Waals surface area contributed by atoms with E-state index in [9.17, 15) is 4.79 Å². The van der Waals surface area contributed by atoms with Crippen LogP contribution in [0.15, 0.2) is 28.2 Å². The van der Waals surface area contributed by atoms with E-state index >= 15 is 0 Å². The molecule has 0 fully saturated rings. The summed E-state index contributed by atoms with van der Waals surface area (Å²) in [6.07, 6.45) is 0. The van der Waals surface area contributed by atoms with Crippen molar-refractivity contribution >= 4 is 33.3 Å². The summed E-state index contributed by atoms with van der Waals surface area (Å²) in [5.74, 6) is 0.753. The molecular weight excluding hydrogens is 352 g/mol. The van der Waals surface area contributed by atoms with Crippen LogP contribution in [0.3, 0.4) is 0 Å². The van der Waals surface area contributed by atoms with Crippen LogP contribution < -0.4 is 5.56 Å². The second-order valence-electron chi connectivity index (χ2n) is 6.13. The molecule has 1 aromatic carbocycles. The summed E-state index contributed by atoms with van der Waals surface area (Å²) in [6, 6.07) is 6.14. The molecule has 4 nitrogen and oxygen atoms in total. The van der Waals surface area contributed by atoms with Crippen molar-refractivity contribution in [2.75, 3.05) is 19.5 Å². The van der Waals surface area contributed by atoms with Crippen LogP contribution in [-0.2, 0) is 4.74 Å². The Morgan fingerprint density at radius 3 is 2.68 bits per heavy atom. The van der Waals surface area contributed by atoms with Gasteiger partial charge >= 0.3 is 0 Å². The zero-order chi connectivity index (χ0) is 18.1. The smallest absolute Gasteiger partial charge is 0.267 e. The van der Waals surface area contributed by atoms with Gasteiger partial charge in [0.25, 0.3) is 5.56 Å². The highest BCUT2D eigenvalue weighted by atomic mass is 32.2. The van der Waals surface area contributed by atoms with E-state index in [1.807, 2.05) is 32.9 Å². The van der Waals surface area contributed by atoms with Gasteiger partial charge in [0.15, 0.2) is 5.16 Å². The average Bonchev–Trinajstić information content (AvgIpc) is 2.84. The highest BCUT2D eigenvalue weighted by Crippen LogP contribution is 2.30. The predicted octanol–water partition coefficient (Wildman–Crippen LogP) is 4.42. The summed E-state index contributed by atoms with van der Waals surface area (Å²) in [5.41, 5.74) is 4.19. The Morgan fingerprint density at radius 1 is 1.24 bits per heavy atom. The van der Waals surface area contributed by atoms with Gasteiger partial charge in [-0.1, -0.05) is 29.5 Å². The number of aromatic nitrogens is 2. The van der Waals surface area contributed by atoms with Gasteiger partial charge < -0.3 is 4.74 Å². The third kappa shape index (κ3) is 3.38. The Hall–Kier alpha value is -1.63. The lowest BCUT2D eigenvalue weighted by molar-refractivity contribution is 0.218. The van der Waals surface area contributed by atoms with Crippen LogP contribution in [0.4, 0.5) is 0 Å². The summed E-state index contributed by atoms with van der Waals surface area (Å²) in [4.78, 5) is 20.1. The Kier molecular flexibility index (Phi) is 5.32. The normalized spacial score (nSPS) is 11.4. The molecule has 0 bridgehead atoms. The van der Waals surface area contributed by atoms with Crippen molar-refractivity contribution in [3.8, 4) is 5.69 Å². The molecule has 0 spiro atoms. The van der Waals surface area contributed by atoms with Crippen LogP contribution in [0.25, 0.3) is 15.9 Å². The molecule has 0 aliphatic rings. The Morgan fingerprint density at radius 2 is 2.00 bits per heavy atom. The number of thiophene rings is 1. The molecule has 2 aromatic heterocycles. The van der Waals surface area contributed by atoms with Gasteiger partial charge in [-0.15, -0.1) is 11.3 Å². The Labute approximate surface area is 155 Å². The third-order valence-electron chi connectivity index (χ3n) is 4.28. The zero-order valence-corrected chi connectivity index (χ0v) is 16.8. The molecule has 0 unspecified atom stereocenters. The molecule has 0 saturated carbocycles. The van der Waals surface area contributed by atoms with Gasteiger partial charge in [0, 0.05) is 17.7 Å². The molecule has 0 aliphatic carbocycles. The van der Waals surface area contributed by atoms with Crippen LogP contribution in [0, 0.1) is 27.7 Å². The Bertz CT molecular complexity index is 989. The molecule has 3 aromatic rings. The van der Waals surface area contributed by atoms with Gasteiger partial charge in [-0.3, -0.25) is 9.36 Å². The standard InChI is InChI=1S/C19H22N2O2S2/c1-11-6-7-15(12(2)10-11)21-18(22)16-13(3)14(4)25-17(16)20-19(21)24-9-8-23-5/h6-7,10H,8-9H2,1-5H3. The first kappa shape index (κ1) is 18.2. The highest BCUT2D eigenvalue weighted by molar-refractivity contribution is 7.99. The fraction of sp³-hybridized carbons (Fsp3) is 0.368. The number of aryl methyl sites for hydroxylation is 4. The number of rotatable bonds is 5. The number of ether oxygens (including phenoxy) is 1. The minimum absolute atomic E-state index is 0.0127. The fourth-order valence-electron chi connectivity index (χ4n) is 2.86. The van der Waals surface area contributed by atoms with Gasteiger partial charge in [0.05, 0.1) is 17.7 Å². The first-order valence-corrected chi connectivity index (χ1v) is 9.96. The molecule has 0 radical (unpaired) electrons. The molecule has 0 N–H and O–H groups in total. The molecule has 2 heterocycles. The summed E-state index contributed by atoms with van der Waals surface area (Å²) < 4.78 is 6.92. The monoisotopic (exact) mass is 374 g/mol. The topological polar surface area (TPSA) is 44.1 Å². The molecular formula is C19H22N2O2S2. The van der Waals surface area contributed by atoms with Crippen LogP contribution in [0.2, 0.25) is 0 Å². The van der Waals surface area contributed by atoms with Crippen LogP contribution >= 0.6 is 23.1 Å². The molecule has 132 valence electrons. The number of hydrogen-bond donors (Lipinski definition) is 0. The number of benzene rings is 1. The van der Waals surface area contributed by atoms with Crippen LogP contribution in [0.1, 0.15) is 21.6 Å². The Balaban J connectivity index is 2.29. The van der Waals surface area contributed by atoms with Crippen molar-refractivity contribution in [2.24, 2.45) is 0 Å². The highest BCUT2D eigenvalue weighted by Gasteiger charge is 2.18. The maximum absolute atomic E-state index is 13.3. The number of nitrogens with zero attached hydrogens (tertiary/aromatic N) is 2. The lowest BCUT2D eigenvalue weighted by Gasteiger charge is -2.15. The minimum atomic E-state index is 0.0127. The molecule has 6 heteroatoms. The molecule has 0 aliphatic heterocycles. The van der Waals surface area contributed by atoms with Crippen molar-refractivity contribution < 1.29 is 4.74 Å². The summed E-state index contributed by atoms with van der Waals surface area (Å²) in [7, 11) is 1.68. The van der Waals surface area contributed by atoms with Gasteiger partial charge in [-0.05, 0) is 44.9 Å². The van der Waals surface area contributed by atoms with E-state index in [0.717, 1.165) is 42.8 Å². The van der Waals surface area contributed by atoms with Gasteiger partial charge in [-0.2, -0.15) is 0 Å². The summed E-state index contributed by atoms with van der Waals surface area (Å²) in [6.45, 7) is 8.76. The molecule has 3 rings (SSSR count). The van der Waals surface area contributed by atoms with Crippen molar-refractivity contribution in [1.29, 1.82) is 0 Å². The van der Waals surface area contributed by atoms with E-state index in [1.165, 1.54) is 5.56 Å². The lowest BCUT2D eigenvalue weighted by Crippen LogP contribution is -2.22. The first-order valence-electron chi connectivity index (χ1n) is 8.16. The van der Waals surface area contributed by atoms with Crippen LogP contribution in [-0.4, -0.2) is 29.0 Å². The van der Waals surface area contributed by atoms with E-state index in [4.69, 9.17) is 9.72 Å². The number of methoxy groups -OCH3 is 1. The first-order chi connectivity index (χ1) is 11.9. The third-order valence-corrected chi connectivity index (χ3v) is 6.29. The van der Waals surface area contributed by atoms with Crippen molar-refractivity contribution in [3.63, 3.8) is 0 Å². The van der Waals surface area contributed by atoms with Crippen molar-refractivity contribution in [1.82, 2.24) is 9.55 Å². The number of thioether (sulfide) groups is 1. The quantitative estimate of drug-likeness (QED) is 0.377. The molecule has 0 amide bonds. The molecule has 0 saturated heterocycles. The largest absolute Gasteiger partial charge is 0.384 e. The van der Waals surface area contributed by atoms with E-state index in [2.05, 4.69) is 13.0 Å². The van der Waals surface area contributed by atoms with E-state index in [-0.39, 0.29) is 5.56 Å². The van der Waals surface area contributed by atoms with E-state index in [0.29, 0.717) is 6.61 Å². The second kappa shape index (κ2) is 7.32. The number of fused-ring (bicyclic) bond motifs is 1. The average molecular weight is 375 g/mol. The van der Waals surface area contributed by atoms with Crippen molar-refractivity contribution in [2.45, 2.75) is 32.9 Å². The lowest BCUT2D eigenvalue weighted by atomic mass is 10.1. The van der Waals surface area contributed by atoms with E-state index < -0.39 is 0 Å². The molecule has 25 heavy (non-hydrogen) atoms. The summed E-state index contributed by atoms with van der Waals surface area (Å²) in [5, 5.41) is 1.46. The SMILES string of the molecule is COCCSc1nc2sc(C)c(C)c2c(=O)n1-c1ccc(C)cc1C. The second-order valence-corrected chi connectivity index (χ2v) is 8.39. The number of hydrogen-bond acceptors (Lipinski definition) is 5. The van der Waals surface area contributed by atoms with Gasteiger partial charge in [0.2, 0.25) is 0 Å². The molecule has 0 atom stereocenters.